The van der Waals surface area contributed by atoms with Crippen LogP contribution in [0.2, 0.25) is 0 Å². The predicted octanol–water partition coefficient (Wildman–Crippen LogP) is 4.84. The summed E-state index contributed by atoms with van der Waals surface area (Å²) in [5, 5.41) is 1.20. The van der Waals surface area contributed by atoms with E-state index in [-0.39, 0.29) is 18.0 Å². The lowest BCUT2D eigenvalue weighted by Gasteiger charge is -2.20. The van der Waals surface area contributed by atoms with E-state index in [4.69, 9.17) is 0 Å². The molecule has 0 fully saturated rings. The summed E-state index contributed by atoms with van der Waals surface area (Å²) in [5.41, 5.74) is 0.256. The quantitative estimate of drug-likeness (QED) is 0.745. The van der Waals surface area contributed by atoms with E-state index in [2.05, 4.69) is 17.1 Å². The van der Waals surface area contributed by atoms with E-state index in [1.54, 1.807) is 0 Å². The highest BCUT2D eigenvalue weighted by Gasteiger charge is 2.28. The molecule has 0 aliphatic carbocycles. The summed E-state index contributed by atoms with van der Waals surface area (Å²) < 4.78 is 0. The van der Waals surface area contributed by atoms with Crippen LogP contribution in [0.15, 0.2) is 42.6 Å². The first-order chi connectivity index (χ1) is 10.5. The third kappa shape index (κ3) is 6.31. The lowest BCUT2D eigenvalue weighted by Crippen LogP contribution is -2.28. The largest absolute Gasteiger partial charge is 0.299 e. The fourth-order valence-electron chi connectivity index (χ4n) is 1.69. The highest BCUT2D eigenvalue weighted by atomic mass is 16.1. The summed E-state index contributed by atoms with van der Waals surface area (Å²) in [6, 6.07) is 12.1. The normalized spacial score (nSPS) is 11.6. The summed E-state index contributed by atoms with van der Waals surface area (Å²) in [6.07, 6.45) is 1.87. The number of hydrogen-bond acceptors (Lipinski definition) is 3. The van der Waals surface area contributed by atoms with Gasteiger partial charge in [-0.15, -0.1) is 0 Å². The van der Waals surface area contributed by atoms with Gasteiger partial charge in [-0.05, 0) is 12.1 Å². The van der Waals surface area contributed by atoms with Crippen LogP contribution in [0.3, 0.4) is 0 Å². The molecule has 0 aliphatic rings. The number of ketones is 2. The van der Waals surface area contributed by atoms with Gasteiger partial charge in [0.2, 0.25) is 0 Å². The lowest BCUT2D eigenvalue weighted by molar-refractivity contribution is -0.135. The van der Waals surface area contributed by atoms with Gasteiger partial charge in [-0.3, -0.25) is 14.6 Å². The van der Waals surface area contributed by atoms with Crippen molar-refractivity contribution >= 4 is 22.5 Å². The summed E-state index contributed by atoms with van der Waals surface area (Å²) in [4.78, 5) is 27.2. The lowest BCUT2D eigenvalue weighted by atomic mass is 9.82. The minimum absolute atomic E-state index is 0.0208. The molecule has 3 heteroatoms. The van der Waals surface area contributed by atoms with Crippen LogP contribution in [0, 0.1) is 10.8 Å². The third-order valence-corrected chi connectivity index (χ3v) is 3.51. The molecule has 0 spiro atoms. The molecule has 0 saturated carbocycles. The molecule has 0 saturated heterocycles. The number of para-hydroxylation sites is 1. The molecule has 2 aromatic rings. The van der Waals surface area contributed by atoms with Crippen LogP contribution >= 0.6 is 0 Å². The van der Waals surface area contributed by atoms with E-state index in [0.717, 1.165) is 5.52 Å². The van der Waals surface area contributed by atoms with Gasteiger partial charge in [-0.25, -0.2) is 0 Å². The van der Waals surface area contributed by atoms with Crippen LogP contribution in [0.4, 0.5) is 0 Å². The summed E-state index contributed by atoms with van der Waals surface area (Å²) in [5.74, 6) is 0.0415. The van der Waals surface area contributed by atoms with Crippen LogP contribution in [0.5, 0.6) is 0 Å². The predicted molar refractivity (Wildman–Crippen MR) is 95.3 cm³/mol. The van der Waals surface area contributed by atoms with Crippen molar-refractivity contribution in [3.8, 4) is 0 Å². The van der Waals surface area contributed by atoms with E-state index in [9.17, 15) is 9.59 Å². The molecule has 0 atom stereocenters. The molecule has 0 aliphatic heterocycles. The van der Waals surface area contributed by atoms with Crippen molar-refractivity contribution in [1.82, 2.24) is 4.98 Å². The fraction of sp³-hybridized carbons (Fsp3) is 0.450. The van der Waals surface area contributed by atoms with Crippen LogP contribution in [0.1, 0.15) is 48.0 Å². The van der Waals surface area contributed by atoms with Crippen molar-refractivity contribution in [3.63, 3.8) is 0 Å². The Balaban J connectivity index is 0.000000235. The van der Waals surface area contributed by atoms with Gasteiger partial charge >= 0.3 is 0 Å². The Labute approximate surface area is 139 Å². The third-order valence-electron chi connectivity index (χ3n) is 3.51. The van der Waals surface area contributed by atoms with Gasteiger partial charge in [-0.2, -0.15) is 0 Å². The molecule has 1 aromatic heterocycles. The molecule has 0 amide bonds. The molecular formula is C20H27NO2. The first kappa shape index (κ1) is 19.0. The highest BCUT2D eigenvalue weighted by Crippen LogP contribution is 2.22. The maximum Gasteiger partial charge on any atom is 0.145 e. The molecule has 3 nitrogen and oxygen atoms in total. The van der Waals surface area contributed by atoms with Gasteiger partial charge in [0.1, 0.15) is 11.6 Å². The Kier molecular flexibility index (Phi) is 6.20. The van der Waals surface area contributed by atoms with E-state index in [1.165, 1.54) is 5.39 Å². The second-order valence-corrected chi connectivity index (χ2v) is 7.72. The molecule has 0 radical (unpaired) electrons. The second kappa shape index (κ2) is 7.49. The summed E-state index contributed by atoms with van der Waals surface area (Å²) >= 11 is 0. The zero-order valence-corrected chi connectivity index (χ0v) is 15.0. The SMILES string of the molecule is CC(C)(C)C(=O)CC(=O)C(C)(C)C.c1ccc2ncccc2c1. The maximum absolute atomic E-state index is 11.5. The number of fused-ring (bicyclic) bond motifs is 1. The minimum Gasteiger partial charge on any atom is -0.299 e. The first-order valence-electron chi connectivity index (χ1n) is 7.88. The van der Waals surface area contributed by atoms with Gasteiger partial charge in [0.25, 0.3) is 0 Å². The molecule has 1 aromatic carbocycles. The van der Waals surface area contributed by atoms with Crippen molar-refractivity contribution in [1.29, 1.82) is 0 Å². The molecule has 0 N–H and O–H groups in total. The average Bonchev–Trinajstić information content (AvgIpc) is 2.46. The number of benzene rings is 1. The average molecular weight is 313 g/mol. The number of nitrogens with zero attached hydrogens (tertiary/aromatic N) is 1. The number of carbonyl (C=O) groups excluding carboxylic acids is 2. The first-order valence-corrected chi connectivity index (χ1v) is 7.88. The van der Waals surface area contributed by atoms with Crippen LogP contribution in [0.25, 0.3) is 10.9 Å². The Morgan fingerprint density at radius 2 is 1.30 bits per heavy atom. The van der Waals surface area contributed by atoms with Gasteiger partial charge < -0.3 is 0 Å². The molecule has 124 valence electrons. The zero-order chi connectivity index (χ0) is 17.7. The second-order valence-electron chi connectivity index (χ2n) is 7.72. The summed E-state index contributed by atoms with van der Waals surface area (Å²) in [6.45, 7) is 11.0. The van der Waals surface area contributed by atoms with Gasteiger partial charge in [0, 0.05) is 22.4 Å². The zero-order valence-electron chi connectivity index (χ0n) is 15.0. The van der Waals surface area contributed by atoms with E-state index < -0.39 is 10.8 Å². The number of hydrogen-bond donors (Lipinski definition) is 0. The smallest absolute Gasteiger partial charge is 0.145 e. The fourth-order valence-corrected chi connectivity index (χ4v) is 1.69. The highest BCUT2D eigenvalue weighted by molar-refractivity contribution is 6.03. The van der Waals surface area contributed by atoms with Crippen LogP contribution in [-0.4, -0.2) is 16.6 Å². The number of Topliss-reactive ketones (excluding diaryl/α,β-unsaturated/α-hetero) is 2. The van der Waals surface area contributed by atoms with E-state index in [1.807, 2.05) is 72.0 Å². The van der Waals surface area contributed by atoms with Gasteiger partial charge in [-0.1, -0.05) is 65.8 Å². The molecule has 23 heavy (non-hydrogen) atoms. The maximum atomic E-state index is 11.5. The molecule has 2 rings (SSSR count). The number of aromatic nitrogens is 1. The Morgan fingerprint density at radius 1 is 0.826 bits per heavy atom. The Hall–Kier alpha value is -2.03. The van der Waals surface area contributed by atoms with E-state index in [0.29, 0.717) is 0 Å². The summed E-state index contributed by atoms with van der Waals surface area (Å²) in [7, 11) is 0. The number of pyridine rings is 1. The molecular weight excluding hydrogens is 286 g/mol. The van der Waals surface area contributed by atoms with Crippen molar-refractivity contribution in [2.75, 3.05) is 0 Å². The number of carbonyl (C=O) groups is 2. The molecule has 1 heterocycles. The van der Waals surface area contributed by atoms with Crippen molar-refractivity contribution in [3.05, 3.63) is 42.6 Å². The van der Waals surface area contributed by atoms with Crippen molar-refractivity contribution < 1.29 is 9.59 Å². The van der Waals surface area contributed by atoms with E-state index >= 15 is 0 Å². The topological polar surface area (TPSA) is 47.0 Å². The molecule has 0 bridgehead atoms. The number of rotatable bonds is 2. The van der Waals surface area contributed by atoms with Crippen LogP contribution < -0.4 is 0 Å². The van der Waals surface area contributed by atoms with Crippen molar-refractivity contribution in [2.45, 2.75) is 48.0 Å². The van der Waals surface area contributed by atoms with Crippen molar-refractivity contribution in [2.24, 2.45) is 10.8 Å². The Morgan fingerprint density at radius 3 is 1.78 bits per heavy atom. The minimum atomic E-state index is -0.402. The Bertz CT molecular complexity index is 586. The van der Waals surface area contributed by atoms with Crippen LogP contribution in [-0.2, 0) is 9.59 Å². The van der Waals surface area contributed by atoms with Gasteiger partial charge in [0.15, 0.2) is 0 Å². The molecule has 0 unspecified atom stereocenters. The van der Waals surface area contributed by atoms with Gasteiger partial charge in [0.05, 0.1) is 11.9 Å². The standard InChI is InChI=1S/C11H20O2.C9H7N/c1-10(2,3)8(12)7-9(13)11(4,5)6;1-2-6-9-8(4-1)5-3-7-10-9/h7H2,1-6H3;1-7H. The monoisotopic (exact) mass is 313 g/mol.